The van der Waals surface area contributed by atoms with E-state index in [2.05, 4.69) is 18.0 Å². The SMILES string of the molecule is Cc1cccc(OCC2CCCN(C(=O)c3ccc4nc(C)cn4c3)C2)c1. The maximum absolute atomic E-state index is 13.0. The fourth-order valence-corrected chi connectivity index (χ4v) is 3.73. The highest BCUT2D eigenvalue weighted by Crippen LogP contribution is 2.21. The standard InChI is InChI=1S/C22H25N3O2/c1-16-5-3-7-20(11-16)27-15-18-6-4-10-24(13-18)22(26)19-8-9-21-23-17(2)12-25(21)14-19/h3,5,7-9,11-12,14,18H,4,6,10,13,15H2,1-2H3. The number of piperidine rings is 1. The molecule has 1 atom stereocenters. The third-order valence-electron chi connectivity index (χ3n) is 5.10. The van der Waals surface area contributed by atoms with Crippen LogP contribution in [0, 0.1) is 19.8 Å². The molecule has 1 aliphatic rings. The van der Waals surface area contributed by atoms with E-state index in [1.165, 1.54) is 5.56 Å². The van der Waals surface area contributed by atoms with Crippen molar-refractivity contribution < 1.29 is 9.53 Å². The van der Waals surface area contributed by atoms with Crippen LogP contribution < -0.4 is 4.74 Å². The number of imidazole rings is 1. The predicted molar refractivity (Wildman–Crippen MR) is 105 cm³/mol. The van der Waals surface area contributed by atoms with E-state index in [4.69, 9.17) is 4.74 Å². The van der Waals surface area contributed by atoms with Crippen molar-refractivity contribution in [1.82, 2.24) is 14.3 Å². The largest absolute Gasteiger partial charge is 0.493 e. The van der Waals surface area contributed by atoms with Crippen molar-refractivity contribution in [2.24, 2.45) is 5.92 Å². The third kappa shape index (κ3) is 3.97. The Morgan fingerprint density at radius 2 is 2.11 bits per heavy atom. The molecular weight excluding hydrogens is 338 g/mol. The number of carbonyl (C=O) groups is 1. The molecule has 0 bridgehead atoms. The summed E-state index contributed by atoms with van der Waals surface area (Å²) in [6, 6.07) is 11.9. The number of amides is 1. The van der Waals surface area contributed by atoms with Crippen LogP contribution in [0.5, 0.6) is 5.75 Å². The normalized spacial score (nSPS) is 17.3. The van der Waals surface area contributed by atoms with Crippen LogP contribution in [-0.4, -0.2) is 39.9 Å². The Bertz CT molecular complexity index is 963. The maximum atomic E-state index is 13.0. The van der Waals surface area contributed by atoms with Crippen LogP contribution >= 0.6 is 0 Å². The second-order valence-corrected chi connectivity index (χ2v) is 7.45. The molecule has 1 fully saturated rings. The second-order valence-electron chi connectivity index (χ2n) is 7.45. The highest BCUT2D eigenvalue weighted by Gasteiger charge is 2.25. The van der Waals surface area contributed by atoms with Gasteiger partial charge in [-0.25, -0.2) is 4.98 Å². The van der Waals surface area contributed by atoms with Crippen LogP contribution in [-0.2, 0) is 0 Å². The van der Waals surface area contributed by atoms with Gasteiger partial charge in [-0.1, -0.05) is 12.1 Å². The molecule has 1 amide bonds. The van der Waals surface area contributed by atoms with Crippen molar-refractivity contribution in [3.8, 4) is 5.75 Å². The molecule has 3 aromatic rings. The lowest BCUT2D eigenvalue weighted by molar-refractivity contribution is 0.0633. The first-order valence-corrected chi connectivity index (χ1v) is 9.52. The van der Waals surface area contributed by atoms with Crippen LogP contribution in [0.25, 0.3) is 5.65 Å². The van der Waals surface area contributed by atoms with E-state index in [9.17, 15) is 4.79 Å². The minimum Gasteiger partial charge on any atom is -0.493 e. The molecule has 4 rings (SSSR count). The minimum absolute atomic E-state index is 0.0866. The molecule has 0 aliphatic carbocycles. The van der Waals surface area contributed by atoms with Gasteiger partial charge in [0, 0.05) is 31.4 Å². The van der Waals surface area contributed by atoms with E-state index in [0.29, 0.717) is 18.1 Å². The minimum atomic E-state index is 0.0866. The number of likely N-dealkylation sites (tertiary alicyclic amines) is 1. The molecule has 1 saturated heterocycles. The Balaban J connectivity index is 1.41. The first-order valence-electron chi connectivity index (χ1n) is 9.52. The summed E-state index contributed by atoms with van der Waals surface area (Å²) in [5, 5.41) is 0. The number of benzene rings is 1. The van der Waals surface area contributed by atoms with Gasteiger partial charge >= 0.3 is 0 Å². The molecule has 1 aromatic carbocycles. The Kier molecular flexibility index (Phi) is 4.84. The quantitative estimate of drug-likeness (QED) is 0.707. The third-order valence-corrected chi connectivity index (χ3v) is 5.10. The number of hydrogen-bond acceptors (Lipinski definition) is 3. The van der Waals surface area contributed by atoms with Crippen molar-refractivity contribution in [3.05, 3.63) is 65.6 Å². The van der Waals surface area contributed by atoms with Crippen LogP contribution in [0.3, 0.4) is 0 Å². The molecule has 0 radical (unpaired) electrons. The number of ether oxygens (including phenoxy) is 1. The van der Waals surface area contributed by atoms with Crippen molar-refractivity contribution in [1.29, 1.82) is 0 Å². The zero-order chi connectivity index (χ0) is 18.8. The van der Waals surface area contributed by atoms with Gasteiger partial charge in [-0.2, -0.15) is 0 Å². The van der Waals surface area contributed by atoms with Gasteiger partial charge in [-0.15, -0.1) is 0 Å². The van der Waals surface area contributed by atoms with E-state index >= 15 is 0 Å². The van der Waals surface area contributed by atoms with Crippen LogP contribution in [0.2, 0.25) is 0 Å². The molecule has 2 aromatic heterocycles. The first-order chi connectivity index (χ1) is 13.1. The number of hydrogen-bond donors (Lipinski definition) is 0. The van der Waals surface area contributed by atoms with Crippen molar-refractivity contribution in [2.75, 3.05) is 19.7 Å². The smallest absolute Gasteiger partial charge is 0.255 e. The van der Waals surface area contributed by atoms with Crippen LogP contribution in [0.4, 0.5) is 0 Å². The summed E-state index contributed by atoms with van der Waals surface area (Å²) < 4.78 is 7.89. The van der Waals surface area contributed by atoms with Gasteiger partial charge < -0.3 is 14.0 Å². The lowest BCUT2D eigenvalue weighted by atomic mass is 9.98. The lowest BCUT2D eigenvalue weighted by Crippen LogP contribution is -2.41. The average molecular weight is 363 g/mol. The highest BCUT2D eigenvalue weighted by atomic mass is 16.5. The van der Waals surface area contributed by atoms with Gasteiger partial charge in [-0.3, -0.25) is 4.79 Å². The van der Waals surface area contributed by atoms with Gasteiger partial charge in [-0.05, 0) is 56.5 Å². The zero-order valence-corrected chi connectivity index (χ0v) is 15.9. The Hall–Kier alpha value is -2.82. The topological polar surface area (TPSA) is 46.8 Å². The molecule has 0 saturated carbocycles. The predicted octanol–water partition coefficient (Wildman–Crippen LogP) is 3.88. The molecule has 140 valence electrons. The molecule has 5 heteroatoms. The molecule has 0 spiro atoms. The average Bonchev–Trinajstić information content (AvgIpc) is 3.05. The molecule has 1 unspecified atom stereocenters. The molecule has 5 nitrogen and oxygen atoms in total. The van der Waals surface area contributed by atoms with Crippen molar-refractivity contribution in [3.63, 3.8) is 0 Å². The summed E-state index contributed by atoms with van der Waals surface area (Å²) >= 11 is 0. The number of aromatic nitrogens is 2. The second kappa shape index (κ2) is 7.43. The van der Waals surface area contributed by atoms with Crippen LogP contribution in [0.1, 0.15) is 34.5 Å². The Labute approximate surface area is 159 Å². The van der Waals surface area contributed by atoms with Gasteiger partial charge in [0.1, 0.15) is 11.4 Å². The monoisotopic (exact) mass is 363 g/mol. The number of rotatable bonds is 4. The zero-order valence-electron chi connectivity index (χ0n) is 15.9. The van der Waals surface area contributed by atoms with Crippen LogP contribution in [0.15, 0.2) is 48.8 Å². The van der Waals surface area contributed by atoms with Gasteiger partial charge in [0.05, 0.1) is 17.9 Å². The molecule has 1 aliphatic heterocycles. The number of aryl methyl sites for hydroxylation is 2. The maximum Gasteiger partial charge on any atom is 0.255 e. The van der Waals surface area contributed by atoms with E-state index < -0.39 is 0 Å². The number of carbonyl (C=O) groups excluding carboxylic acids is 1. The Morgan fingerprint density at radius 1 is 1.22 bits per heavy atom. The number of nitrogens with zero attached hydrogens (tertiary/aromatic N) is 3. The molecule has 3 heterocycles. The van der Waals surface area contributed by atoms with Gasteiger partial charge in [0.25, 0.3) is 5.91 Å². The molecular formula is C22H25N3O2. The summed E-state index contributed by atoms with van der Waals surface area (Å²) in [5.74, 6) is 1.35. The molecule has 27 heavy (non-hydrogen) atoms. The summed E-state index contributed by atoms with van der Waals surface area (Å²) in [4.78, 5) is 19.3. The summed E-state index contributed by atoms with van der Waals surface area (Å²) in [6.07, 6.45) is 5.93. The summed E-state index contributed by atoms with van der Waals surface area (Å²) in [7, 11) is 0. The van der Waals surface area contributed by atoms with Gasteiger partial charge in [0.2, 0.25) is 0 Å². The van der Waals surface area contributed by atoms with Crippen molar-refractivity contribution >= 4 is 11.6 Å². The summed E-state index contributed by atoms with van der Waals surface area (Å²) in [6.45, 7) is 6.21. The van der Waals surface area contributed by atoms with Crippen molar-refractivity contribution in [2.45, 2.75) is 26.7 Å². The number of fused-ring (bicyclic) bond motifs is 1. The lowest BCUT2D eigenvalue weighted by Gasteiger charge is -2.32. The molecule has 0 N–H and O–H groups in total. The number of pyridine rings is 1. The van der Waals surface area contributed by atoms with E-state index in [1.54, 1.807) is 0 Å². The van der Waals surface area contributed by atoms with E-state index in [-0.39, 0.29) is 5.91 Å². The first kappa shape index (κ1) is 17.6. The van der Waals surface area contributed by atoms with E-state index in [1.807, 2.05) is 58.9 Å². The fourth-order valence-electron chi connectivity index (χ4n) is 3.73. The summed E-state index contributed by atoms with van der Waals surface area (Å²) in [5.41, 5.74) is 3.72. The highest BCUT2D eigenvalue weighted by molar-refractivity contribution is 5.94. The fraction of sp³-hybridized carbons (Fsp3) is 0.364. The van der Waals surface area contributed by atoms with E-state index in [0.717, 1.165) is 43.0 Å². The van der Waals surface area contributed by atoms with Gasteiger partial charge in [0.15, 0.2) is 0 Å². The Morgan fingerprint density at radius 3 is 2.96 bits per heavy atom.